The highest BCUT2D eigenvalue weighted by Gasteiger charge is 2.55. The molecule has 10 atom stereocenters. The zero-order valence-electron chi connectivity index (χ0n) is 16.6. The molecule has 0 spiro atoms. The Hall–Kier alpha value is -1.82. The number of nitrogens with zero attached hydrogens (tertiary/aromatic N) is 1. The van der Waals surface area contributed by atoms with Crippen molar-refractivity contribution in [2.24, 2.45) is 5.73 Å². The second-order valence-corrected chi connectivity index (χ2v) is 7.65. The van der Waals surface area contributed by atoms with E-state index in [1.807, 2.05) is 0 Å². The number of ether oxygens (including phenoxy) is 3. The number of aliphatic hydroxyl groups excluding tert-OH is 6. The summed E-state index contributed by atoms with van der Waals surface area (Å²) >= 11 is 0. The lowest BCUT2D eigenvalue weighted by atomic mass is 9.86. The average molecular weight is 462 g/mol. The van der Waals surface area contributed by atoms with Gasteiger partial charge in [0.2, 0.25) is 5.79 Å². The van der Waals surface area contributed by atoms with Crippen LogP contribution in [0.25, 0.3) is 0 Å². The van der Waals surface area contributed by atoms with E-state index < -0.39 is 79.0 Å². The minimum atomic E-state index is -2.36. The van der Waals surface area contributed by atoms with E-state index in [0.717, 1.165) is 12.1 Å². The number of nitro groups is 1. The first-order chi connectivity index (χ1) is 15.0. The first-order valence-electron chi connectivity index (χ1n) is 9.70. The molecular weight excluding hydrogens is 436 g/mol. The zero-order chi connectivity index (χ0) is 23.8. The molecule has 0 radical (unpaired) electrons. The molecule has 14 heteroatoms. The van der Waals surface area contributed by atoms with E-state index in [1.165, 1.54) is 12.1 Å². The van der Waals surface area contributed by atoms with Gasteiger partial charge in [0, 0.05) is 17.7 Å². The lowest BCUT2D eigenvalue weighted by molar-refractivity contribution is -0.385. The normalized spacial score (nSPS) is 42.6. The predicted molar refractivity (Wildman–Crippen MR) is 102 cm³/mol. The van der Waals surface area contributed by atoms with Crippen LogP contribution in [-0.2, 0) is 20.0 Å². The Morgan fingerprint density at radius 1 is 1.00 bits per heavy atom. The van der Waals surface area contributed by atoms with Crippen molar-refractivity contribution < 1.29 is 54.9 Å². The Morgan fingerprint density at radius 3 is 2.12 bits per heavy atom. The molecule has 0 aromatic heterocycles. The van der Waals surface area contributed by atoms with E-state index in [1.54, 1.807) is 0 Å². The maximum atomic E-state index is 11.0. The molecule has 2 saturated heterocycles. The Balaban J connectivity index is 1.83. The first-order valence-corrected chi connectivity index (χ1v) is 9.70. The number of hydrogen-bond donors (Lipinski definition) is 8. The summed E-state index contributed by atoms with van der Waals surface area (Å²) in [7, 11) is 0. The number of aliphatic hydroxyl groups is 7. The van der Waals surface area contributed by atoms with Crippen LogP contribution in [0, 0.1) is 10.1 Å². The summed E-state index contributed by atoms with van der Waals surface area (Å²) in [6, 6.07) is 2.97. The molecule has 0 saturated carbocycles. The standard InChI is InChI=1S/C18H26N2O12/c19-16-14(26)15(31-17-13(25)12(24)11(23)9(5-21)30-17)10(6-22)32-18(16,27)7-1-3-8(4-2-7)20(28)29/h1-4,9-17,21-27H,5-6,19H2/t9-,10-,11+,12+,13-,14+,15-,16-,17+,18?/m1/s1. The van der Waals surface area contributed by atoms with Gasteiger partial charge in [-0.15, -0.1) is 0 Å². The van der Waals surface area contributed by atoms with Crippen molar-refractivity contribution in [1.82, 2.24) is 0 Å². The van der Waals surface area contributed by atoms with E-state index >= 15 is 0 Å². The molecule has 0 bridgehead atoms. The first kappa shape index (κ1) is 24.8. The second kappa shape index (κ2) is 9.58. The summed E-state index contributed by atoms with van der Waals surface area (Å²) in [5.74, 6) is -2.36. The molecular formula is C18H26N2O12. The summed E-state index contributed by atoms with van der Waals surface area (Å²) in [4.78, 5) is 10.2. The number of nitrogens with two attached hydrogens (primary N) is 1. The lowest BCUT2D eigenvalue weighted by Crippen LogP contribution is -2.69. The van der Waals surface area contributed by atoms with E-state index in [4.69, 9.17) is 19.9 Å². The Bertz CT molecular complexity index is 793. The van der Waals surface area contributed by atoms with Gasteiger partial charge in [-0.25, -0.2) is 0 Å². The highest BCUT2D eigenvalue weighted by Crippen LogP contribution is 2.38. The molecule has 1 aromatic carbocycles. The van der Waals surface area contributed by atoms with E-state index in [2.05, 4.69) is 0 Å². The van der Waals surface area contributed by atoms with Crippen LogP contribution in [0.4, 0.5) is 5.69 Å². The molecule has 1 unspecified atom stereocenters. The van der Waals surface area contributed by atoms with Crippen molar-refractivity contribution in [3.63, 3.8) is 0 Å². The van der Waals surface area contributed by atoms with Crippen LogP contribution in [0.2, 0.25) is 0 Å². The Kier molecular flexibility index (Phi) is 7.43. The molecule has 2 heterocycles. The molecule has 3 rings (SSSR count). The Labute approximate surface area is 181 Å². The van der Waals surface area contributed by atoms with Gasteiger partial charge in [0.25, 0.3) is 5.69 Å². The number of rotatable bonds is 6. The monoisotopic (exact) mass is 462 g/mol. The SMILES string of the molecule is N[C@@H]1[C@@H](O)[C@H](O[C@@H]2O[C@H](CO)[C@H](O)[C@H](O)[C@H]2O)[C@@H](CO)OC1(O)c1ccc([N+](=O)[O-])cc1. The van der Waals surface area contributed by atoms with Gasteiger partial charge in [0.1, 0.15) is 42.7 Å². The van der Waals surface area contributed by atoms with Crippen LogP contribution in [0.1, 0.15) is 5.56 Å². The van der Waals surface area contributed by atoms with Gasteiger partial charge in [0.15, 0.2) is 6.29 Å². The third-order valence-electron chi connectivity index (χ3n) is 5.67. The van der Waals surface area contributed by atoms with Crippen molar-refractivity contribution in [2.45, 2.75) is 60.8 Å². The van der Waals surface area contributed by atoms with Gasteiger partial charge in [0.05, 0.1) is 24.2 Å². The summed E-state index contributed by atoms with van der Waals surface area (Å²) in [5.41, 5.74) is 5.70. The molecule has 1 aromatic rings. The van der Waals surface area contributed by atoms with Crippen molar-refractivity contribution in [3.8, 4) is 0 Å². The summed E-state index contributed by atoms with van der Waals surface area (Å²) in [6.45, 7) is -1.50. The van der Waals surface area contributed by atoms with Crippen LogP contribution < -0.4 is 5.73 Å². The summed E-state index contributed by atoms with van der Waals surface area (Å²) < 4.78 is 16.2. The summed E-state index contributed by atoms with van der Waals surface area (Å²) in [6.07, 6.45) is -12.7. The van der Waals surface area contributed by atoms with Gasteiger partial charge < -0.3 is 55.7 Å². The van der Waals surface area contributed by atoms with Gasteiger partial charge in [-0.05, 0) is 12.1 Å². The van der Waals surface area contributed by atoms with Crippen molar-refractivity contribution in [1.29, 1.82) is 0 Å². The second-order valence-electron chi connectivity index (χ2n) is 7.65. The number of non-ortho nitro benzene ring substituents is 1. The van der Waals surface area contributed by atoms with Gasteiger partial charge in [-0.3, -0.25) is 10.1 Å². The van der Waals surface area contributed by atoms with Crippen molar-refractivity contribution >= 4 is 5.69 Å². The number of nitro benzene ring substituents is 1. The molecule has 2 aliphatic heterocycles. The fourth-order valence-corrected chi connectivity index (χ4v) is 3.76. The molecule has 14 nitrogen and oxygen atoms in total. The molecule has 9 N–H and O–H groups in total. The minimum Gasteiger partial charge on any atom is -0.394 e. The van der Waals surface area contributed by atoms with E-state index in [0.29, 0.717) is 0 Å². The fourth-order valence-electron chi connectivity index (χ4n) is 3.76. The quantitative estimate of drug-likeness (QED) is 0.149. The van der Waals surface area contributed by atoms with Crippen LogP contribution >= 0.6 is 0 Å². The zero-order valence-corrected chi connectivity index (χ0v) is 16.6. The highest BCUT2D eigenvalue weighted by atomic mass is 16.7. The van der Waals surface area contributed by atoms with Gasteiger partial charge in [-0.2, -0.15) is 0 Å². The molecule has 2 aliphatic rings. The van der Waals surface area contributed by atoms with Crippen LogP contribution in [0.15, 0.2) is 24.3 Å². The molecule has 180 valence electrons. The van der Waals surface area contributed by atoms with Gasteiger partial charge in [-0.1, -0.05) is 0 Å². The van der Waals surface area contributed by atoms with Crippen LogP contribution in [-0.4, -0.2) is 109 Å². The van der Waals surface area contributed by atoms with Gasteiger partial charge >= 0.3 is 0 Å². The lowest BCUT2D eigenvalue weighted by Gasteiger charge is -2.49. The smallest absolute Gasteiger partial charge is 0.269 e. The highest BCUT2D eigenvalue weighted by molar-refractivity contribution is 5.36. The topological polar surface area (TPSA) is 238 Å². The maximum absolute atomic E-state index is 11.0. The number of hydrogen-bond acceptors (Lipinski definition) is 13. The third kappa shape index (κ3) is 4.35. The molecule has 0 amide bonds. The average Bonchev–Trinajstić information content (AvgIpc) is 2.79. The predicted octanol–water partition coefficient (Wildman–Crippen LogP) is -4.00. The van der Waals surface area contributed by atoms with Crippen molar-refractivity contribution in [2.75, 3.05) is 13.2 Å². The Morgan fingerprint density at radius 2 is 1.59 bits per heavy atom. The molecule has 2 fully saturated rings. The maximum Gasteiger partial charge on any atom is 0.269 e. The van der Waals surface area contributed by atoms with Crippen LogP contribution in [0.5, 0.6) is 0 Å². The van der Waals surface area contributed by atoms with Crippen molar-refractivity contribution in [3.05, 3.63) is 39.9 Å². The molecule has 32 heavy (non-hydrogen) atoms. The van der Waals surface area contributed by atoms with E-state index in [-0.39, 0.29) is 11.3 Å². The largest absolute Gasteiger partial charge is 0.394 e. The molecule has 0 aliphatic carbocycles. The fraction of sp³-hybridized carbons (Fsp3) is 0.667. The van der Waals surface area contributed by atoms with Crippen LogP contribution in [0.3, 0.4) is 0 Å². The van der Waals surface area contributed by atoms with E-state index in [9.17, 15) is 45.9 Å². The third-order valence-corrected chi connectivity index (χ3v) is 5.67. The minimum absolute atomic E-state index is 0.0283. The summed E-state index contributed by atoms with van der Waals surface area (Å²) in [5, 5.41) is 81.6. The number of benzene rings is 1.